The largest absolute Gasteiger partial charge is 0.444 e. The summed E-state index contributed by atoms with van der Waals surface area (Å²) >= 11 is 0. The number of ether oxygens (including phenoxy) is 1. The van der Waals surface area contributed by atoms with Crippen LogP contribution in [0.3, 0.4) is 0 Å². The summed E-state index contributed by atoms with van der Waals surface area (Å²) in [5, 5.41) is 8.11. The van der Waals surface area contributed by atoms with Crippen LogP contribution in [0, 0.1) is 0 Å². The lowest BCUT2D eigenvalue weighted by Gasteiger charge is -2.39. The Hall–Kier alpha value is -3.69. The summed E-state index contributed by atoms with van der Waals surface area (Å²) in [6.07, 6.45) is 1.74. The zero-order valence-corrected chi connectivity index (χ0v) is 17.7. The Kier molecular flexibility index (Phi) is 5.22. The number of fused-ring (bicyclic) bond motifs is 1. The van der Waals surface area contributed by atoms with Crippen LogP contribution in [0.2, 0.25) is 0 Å². The number of aromatic nitrogens is 4. The molecule has 0 radical (unpaired) electrons. The Labute approximate surface area is 179 Å². The first kappa shape index (κ1) is 20.6. The van der Waals surface area contributed by atoms with Gasteiger partial charge in [-0.2, -0.15) is 5.10 Å². The number of benzene rings is 1. The van der Waals surface area contributed by atoms with E-state index in [0.717, 1.165) is 11.1 Å². The highest BCUT2D eigenvalue weighted by molar-refractivity contribution is 5.98. The van der Waals surface area contributed by atoms with Crippen LogP contribution in [-0.4, -0.2) is 55.8 Å². The smallest absolute Gasteiger partial charge is 0.410 e. The van der Waals surface area contributed by atoms with Gasteiger partial charge in [0.2, 0.25) is 6.41 Å². The van der Waals surface area contributed by atoms with E-state index >= 15 is 0 Å². The average molecular weight is 423 g/mol. The molecule has 3 heterocycles. The zero-order valence-electron chi connectivity index (χ0n) is 17.7. The van der Waals surface area contributed by atoms with Gasteiger partial charge in [-0.05, 0) is 26.3 Å². The molecule has 0 atom stereocenters. The van der Waals surface area contributed by atoms with Gasteiger partial charge in [-0.15, -0.1) is 0 Å². The van der Waals surface area contributed by atoms with E-state index in [1.54, 1.807) is 4.90 Å². The molecule has 4 rings (SSSR count). The van der Waals surface area contributed by atoms with Gasteiger partial charge in [0.15, 0.2) is 5.65 Å². The Balaban J connectivity index is 1.61. The van der Waals surface area contributed by atoms with Crippen molar-refractivity contribution < 1.29 is 14.3 Å². The zero-order chi connectivity index (χ0) is 22.2. The van der Waals surface area contributed by atoms with Gasteiger partial charge >= 0.3 is 6.09 Å². The maximum absolute atomic E-state index is 12.3. The lowest BCUT2D eigenvalue weighted by Crippen LogP contribution is -2.52. The van der Waals surface area contributed by atoms with E-state index in [2.05, 4.69) is 15.3 Å². The Morgan fingerprint density at radius 1 is 1.26 bits per heavy atom. The number of carbonyl (C=O) groups excluding carboxylic acids is 2. The lowest BCUT2D eigenvalue weighted by molar-refractivity contribution is -0.109. The van der Waals surface area contributed by atoms with Crippen molar-refractivity contribution in [2.24, 2.45) is 0 Å². The van der Waals surface area contributed by atoms with Gasteiger partial charge in [-0.25, -0.2) is 19.4 Å². The van der Waals surface area contributed by atoms with Crippen LogP contribution in [0.15, 0.2) is 30.6 Å². The highest BCUT2D eigenvalue weighted by Gasteiger charge is 2.37. The summed E-state index contributed by atoms with van der Waals surface area (Å²) in [6.45, 7) is 6.93. The highest BCUT2D eigenvalue weighted by atomic mass is 16.6. The molecule has 0 spiro atoms. The third-order valence-electron chi connectivity index (χ3n) is 4.99. The Morgan fingerprint density at radius 3 is 2.61 bits per heavy atom. The van der Waals surface area contributed by atoms with Crippen LogP contribution in [-0.2, 0) is 16.1 Å². The van der Waals surface area contributed by atoms with Gasteiger partial charge < -0.3 is 20.7 Å². The van der Waals surface area contributed by atoms with Gasteiger partial charge in [-0.3, -0.25) is 4.79 Å². The molecular weight excluding hydrogens is 398 g/mol. The van der Waals surface area contributed by atoms with Crippen LogP contribution >= 0.6 is 0 Å². The molecular formula is C21H25N7O3. The minimum Gasteiger partial charge on any atom is -0.444 e. The number of amides is 2. The van der Waals surface area contributed by atoms with E-state index in [1.165, 1.54) is 6.33 Å². The molecule has 0 unspecified atom stereocenters. The minimum absolute atomic E-state index is 0.0332. The molecule has 31 heavy (non-hydrogen) atoms. The number of rotatable bonds is 5. The standard InChI is InChI=1S/C21H25N7O3/c1-21(2,3)31-20(30)27-9-15(10-27)28-19-16(18(22)24-11-25-19)17(26-28)14-6-4-13(5-7-14)8-23-12-29/h4-7,11-12,15H,8-10H2,1-3H3,(H,23,29)(H2,22,24,25). The van der Waals surface area contributed by atoms with Crippen molar-refractivity contribution in [2.45, 2.75) is 39.0 Å². The van der Waals surface area contributed by atoms with Gasteiger partial charge in [0, 0.05) is 25.2 Å². The predicted octanol–water partition coefficient (Wildman–Crippen LogP) is 2.11. The number of hydrogen-bond donors (Lipinski definition) is 2. The topological polar surface area (TPSA) is 128 Å². The summed E-state index contributed by atoms with van der Waals surface area (Å²) in [6, 6.07) is 7.66. The summed E-state index contributed by atoms with van der Waals surface area (Å²) in [4.78, 5) is 32.9. The second-order valence-corrected chi connectivity index (χ2v) is 8.49. The van der Waals surface area contributed by atoms with Crippen LogP contribution in [0.1, 0.15) is 32.4 Å². The fraction of sp³-hybridized carbons (Fsp3) is 0.381. The molecule has 10 heteroatoms. The molecule has 1 fully saturated rings. The molecule has 2 aromatic heterocycles. The number of hydrogen-bond acceptors (Lipinski definition) is 7. The van der Waals surface area contributed by atoms with Gasteiger partial charge in [0.05, 0.1) is 11.4 Å². The molecule has 0 aliphatic carbocycles. The maximum atomic E-state index is 12.3. The summed E-state index contributed by atoms with van der Waals surface area (Å²) in [7, 11) is 0. The number of nitrogens with two attached hydrogens (primary N) is 1. The molecule has 1 saturated heterocycles. The molecule has 10 nitrogen and oxygen atoms in total. The third kappa shape index (κ3) is 4.14. The van der Waals surface area contributed by atoms with Gasteiger partial charge in [0.1, 0.15) is 23.4 Å². The minimum atomic E-state index is -0.539. The van der Waals surface area contributed by atoms with Crippen molar-refractivity contribution in [1.82, 2.24) is 30.0 Å². The summed E-state index contributed by atoms with van der Waals surface area (Å²) in [5.41, 5.74) is 8.77. The van der Waals surface area contributed by atoms with Crippen molar-refractivity contribution in [3.8, 4) is 11.3 Å². The molecule has 0 saturated carbocycles. The number of likely N-dealkylation sites (tertiary alicyclic amines) is 1. The van der Waals surface area contributed by atoms with Crippen LogP contribution in [0.4, 0.5) is 10.6 Å². The summed E-state index contributed by atoms with van der Waals surface area (Å²) < 4.78 is 7.24. The lowest BCUT2D eigenvalue weighted by atomic mass is 10.1. The fourth-order valence-corrected chi connectivity index (χ4v) is 3.48. The molecule has 2 amide bonds. The van der Waals surface area contributed by atoms with Crippen molar-refractivity contribution in [3.63, 3.8) is 0 Å². The number of nitrogens with zero attached hydrogens (tertiary/aromatic N) is 5. The normalized spacial score (nSPS) is 14.4. The molecule has 0 bridgehead atoms. The molecule has 162 valence electrons. The first-order valence-electron chi connectivity index (χ1n) is 10.00. The Bertz CT molecular complexity index is 1110. The number of nitrogen functional groups attached to an aromatic ring is 1. The predicted molar refractivity (Wildman–Crippen MR) is 115 cm³/mol. The molecule has 1 aliphatic rings. The van der Waals surface area contributed by atoms with Gasteiger partial charge in [0.25, 0.3) is 0 Å². The van der Waals surface area contributed by atoms with E-state index in [1.807, 2.05) is 49.7 Å². The van der Waals surface area contributed by atoms with Crippen LogP contribution in [0.5, 0.6) is 0 Å². The molecule has 1 aliphatic heterocycles. The first-order chi connectivity index (χ1) is 14.8. The molecule has 3 aromatic rings. The second-order valence-electron chi connectivity index (χ2n) is 8.49. The molecule has 1 aromatic carbocycles. The van der Waals surface area contributed by atoms with Crippen LogP contribution < -0.4 is 11.1 Å². The number of nitrogens with one attached hydrogen (secondary N) is 1. The van der Waals surface area contributed by atoms with Crippen LogP contribution in [0.25, 0.3) is 22.3 Å². The summed E-state index contributed by atoms with van der Waals surface area (Å²) in [5.74, 6) is 0.348. The van der Waals surface area contributed by atoms with Crippen molar-refractivity contribution in [1.29, 1.82) is 0 Å². The van der Waals surface area contributed by atoms with Crippen molar-refractivity contribution in [3.05, 3.63) is 36.2 Å². The van der Waals surface area contributed by atoms with E-state index in [0.29, 0.717) is 48.6 Å². The monoisotopic (exact) mass is 423 g/mol. The quantitative estimate of drug-likeness (QED) is 0.602. The number of carbonyl (C=O) groups is 2. The first-order valence-corrected chi connectivity index (χ1v) is 10.00. The van der Waals surface area contributed by atoms with Gasteiger partial charge in [-0.1, -0.05) is 24.3 Å². The van der Waals surface area contributed by atoms with E-state index in [4.69, 9.17) is 15.6 Å². The van der Waals surface area contributed by atoms with E-state index < -0.39 is 5.60 Å². The number of anilines is 1. The van der Waals surface area contributed by atoms with Crippen molar-refractivity contribution in [2.75, 3.05) is 18.8 Å². The maximum Gasteiger partial charge on any atom is 0.410 e. The van der Waals surface area contributed by atoms with Crippen molar-refractivity contribution >= 4 is 29.4 Å². The third-order valence-corrected chi connectivity index (χ3v) is 4.99. The van der Waals surface area contributed by atoms with E-state index in [9.17, 15) is 9.59 Å². The fourth-order valence-electron chi connectivity index (χ4n) is 3.48. The average Bonchev–Trinajstić information content (AvgIpc) is 3.05. The highest BCUT2D eigenvalue weighted by Crippen LogP contribution is 2.34. The molecule has 3 N–H and O–H groups in total. The second kappa shape index (κ2) is 7.86. The van der Waals surface area contributed by atoms with E-state index in [-0.39, 0.29) is 12.1 Å². The Morgan fingerprint density at radius 2 is 1.97 bits per heavy atom. The SMILES string of the molecule is CC(C)(C)OC(=O)N1CC(n2nc(-c3ccc(CNC=O)cc3)c3c(N)ncnc32)C1.